The van der Waals surface area contributed by atoms with Crippen molar-refractivity contribution >= 4 is 99.0 Å². The predicted molar refractivity (Wildman–Crippen MR) is 176 cm³/mol. The molecule has 0 aliphatic heterocycles. The van der Waals surface area contributed by atoms with Gasteiger partial charge in [0.05, 0.1) is 17.1 Å². The van der Waals surface area contributed by atoms with Gasteiger partial charge < -0.3 is 16.4 Å². The lowest BCUT2D eigenvalue weighted by atomic mass is 10.3. The predicted octanol–water partition coefficient (Wildman–Crippen LogP) is 11.9. The number of nitrogens with two attached hydrogens (primary N) is 1. The highest BCUT2D eigenvalue weighted by Gasteiger charge is 2.30. The van der Waals surface area contributed by atoms with Crippen LogP contribution in [0.15, 0.2) is 69.3 Å². The summed E-state index contributed by atoms with van der Waals surface area (Å²) in [6.45, 7) is 2.47. The molecule has 0 fully saturated rings. The molecule has 0 saturated carbocycles. The summed E-state index contributed by atoms with van der Waals surface area (Å²) in [6.07, 6.45) is 0. The van der Waals surface area contributed by atoms with Gasteiger partial charge in [-0.25, -0.2) is 13.2 Å². The maximum absolute atomic E-state index is 13.4. The Hall–Kier alpha value is -2.31. The molecule has 3 aromatic rings. The lowest BCUT2D eigenvalue weighted by Crippen LogP contribution is -2.07. The number of halogens is 12. The van der Waals surface area contributed by atoms with Gasteiger partial charge in [-0.05, 0) is 78.1 Å². The number of hydrogen-bond donors (Lipinski definition) is 3. The summed E-state index contributed by atoms with van der Waals surface area (Å²) in [6, 6.07) is 10.0. The molecule has 4 N–H and O–H groups in total. The van der Waals surface area contributed by atoms with Crippen molar-refractivity contribution in [2.75, 3.05) is 16.4 Å². The van der Waals surface area contributed by atoms with Gasteiger partial charge in [-0.1, -0.05) is 61.4 Å². The fraction of sp³-hybridized carbons (Fsp3) is 0.259. The van der Waals surface area contributed by atoms with Crippen molar-refractivity contribution in [2.45, 2.75) is 57.5 Å². The molecule has 0 aliphatic carbocycles. The van der Waals surface area contributed by atoms with Crippen LogP contribution < -0.4 is 16.4 Å². The van der Waals surface area contributed by atoms with Gasteiger partial charge in [0, 0.05) is 28.5 Å². The summed E-state index contributed by atoms with van der Waals surface area (Å²) in [7, 11) is 0. The zero-order valence-electron chi connectivity index (χ0n) is 22.4. The van der Waals surface area contributed by atoms with E-state index in [0.717, 1.165) is 48.2 Å². The normalized spacial score (nSPS) is 10.9. The van der Waals surface area contributed by atoms with Crippen LogP contribution in [0.3, 0.4) is 0 Å². The van der Waals surface area contributed by atoms with Crippen LogP contribution in [0.5, 0.6) is 0 Å². The molecule has 0 saturated heterocycles. The number of nitrogen functional groups attached to an aromatic ring is 1. The third kappa shape index (κ3) is 21.3. The van der Waals surface area contributed by atoms with E-state index in [0.29, 0.717) is 4.90 Å². The van der Waals surface area contributed by atoms with Crippen LogP contribution in [0.4, 0.5) is 56.6 Å². The van der Waals surface area contributed by atoms with Gasteiger partial charge in [-0.3, -0.25) is 9.59 Å². The first-order chi connectivity index (χ1) is 20.4. The Morgan fingerprint density at radius 2 is 0.936 bits per heavy atom. The number of nitrogens with one attached hydrogen (secondary N) is 2. The van der Waals surface area contributed by atoms with Gasteiger partial charge in [0.1, 0.15) is 17.5 Å². The fourth-order valence-corrected chi connectivity index (χ4v) is 5.17. The second kappa shape index (κ2) is 20.3. The largest absolute Gasteiger partial charge is 0.446 e. The van der Waals surface area contributed by atoms with E-state index in [1.165, 1.54) is 26.0 Å². The molecule has 3 rings (SSSR count). The van der Waals surface area contributed by atoms with Crippen molar-refractivity contribution in [1.29, 1.82) is 0 Å². The van der Waals surface area contributed by atoms with Gasteiger partial charge in [0.15, 0.2) is 0 Å². The third-order valence-electron chi connectivity index (χ3n) is 4.18. The molecule has 3 aromatic carbocycles. The van der Waals surface area contributed by atoms with E-state index < -0.39 is 49.3 Å². The lowest BCUT2D eigenvalue weighted by Gasteiger charge is -2.11. The SMILES string of the molecule is C.C.CC(=O)Nc1ccc(SC(Cl)(Cl)Cl)cc1F.CC(=O)Nc1ccc(SC(F)(F)F)cc1F.Nc1ccc(SC(F)(F)F)cc1F. The molecule has 47 heavy (non-hydrogen) atoms. The number of thioether (sulfide) groups is 3. The quantitative estimate of drug-likeness (QED) is 0.103. The Morgan fingerprint density at radius 3 is 1.21 bits per heavy atom. The average Bonchev–Trinajstić information content (AvgIpc) is 2.82. The van der Waals surface area contributed by atoms with E-state index in [1.54, 1.807) is 6.07 Å². The Balaban J connectivity index is 0. The number of hydrogen-bond acceptors (Lipinski definition) is 6. The van der Waals surface area contributed by atoms with Crippen molar-refractivity contribution in [3.63, 3.8) is 0 Å². The Bertz CT molecular complexity index is 1400. The molecule has 20 heteroatoms. The van der Waals surface area contributed by atoms with Crippen LogP contribution in [-0.2, 0) is 9.59 Å². The summed E-state index contributed by atoms with van der Waals surface area (Å²) in [5.41, 5.74) is -3.97. The monoisotopic (exact) mass is 797 g/mol. The van der Waals surface area contributed by atoms with Crippen LogP contribution in [0.25, 0.3) is 0 Å². The van der Waals surface area contributed by atoms with Crippen LogP contribution in [0.1, 0.15) is 28.7 Å². The smallest absolute Gasteiger partial charge is 0.396 e. The van der Waals surface area contributed by atoms with E-state index in [9.17, 15) is 49.1 Å². The topological polar surface area (TPSA) is 84.2 Å². The molecular weight excluding hydrogens is 772 g/mol. The third-order valence-corrected chi connectivity index (χ3v) is 7.03. The first kappa shape index (κ1) is 46.8. The van der Waals surface area contributed by atoms with E-state index in [1.807, 2.05) is 0 Å². The highest BCUT2D eigenvalue weighted by atomic mass is 35.6. The van der Waals surface area contributed by atoms with Crippen LogP contribution in [0.2, 0.25) is 0 Å². The number of rotatable bonds is 5. The van der Waals surface area contributed by atoms with Gasteiger partial charge in [-0.2, -0.15) is 26.3 Å². The standard InChI is InChI=1S/C9H7Cl3FNOS.C9H7F4NOS.C7H5F4NS.2CH4/c1-5(15)14-8-3-2-6(4-7(8)13)16-9(10,11)12;1-5(15)14-8-3-2-6(4-7(8)10)16-9(11,12)13;8-5-3-4(1-2-6(5)12)13-7(9,10)11;;/h2*2-4H,1H3,(H,14,15);1-3H,12H2;2*1H4. The second-order valence-electron chi connectivity index (χ2n) is 7.97. The number of carbonyl (C=O) groups excluding carboxylic acids is 2. The second-order valence-corrected chi connectivity index (χ2v) is 14.5. The fourth-order valence-electron chi connectivity index (χ4n) is 2.67. The van der Waals surface area contributed by atoms with Crippen LogP contribution >= 0.6 is 70.1 Å². The van der Waals surface area contributed by atoms with E-state index >= 15 is 0 Å². The Kier molecular flexibility index (Phi) is 20.2. The number of carbonyl (C=O) groups is 2. The summed E-state index contributed by atoms with van der Waals surface area (Å²) >= 11 is 16.7. The lowest BCUT2D eigenvalue weighted by molar-refractivity contribution is -0.115. The maximum Gasteiger partial charge on any atom is 0.446 e. The Labute approximate surface area is 292 Å². The Morgan fingerprint density at radius 1 is 0.617 bits per heavy atom. The summed E-state index contributed by atoms with van der Waals surface area (Å²) < 4.78 is 109. The zero-order chi connectivity index (χ0) is 34.8. The molecule has 0 radical (unpaired) electrons. The highest BCUT2D eigenvalue weighted by molar-refractivity contribution is 8.04. The van der Waals surface area contributed by atoms with Gasteiger partial charge in [-0.15, -0.1) is 0 Å². The molecule has 0 unspecified atom stereocenters. The number of alkyl halides is 9. The van der Waals surface area contributed by atoms with Crippen molar-refractivity contribution in [3.05, 3.63) is 72.0 Å². The molecular formula is C27H27Cl3F9N3O2S3. The minimum Gasteiger partial charge on any atom is -0.396 e. The first-order valence-corrected chi connectivity index (χ1v) is 15.0. The maximum atomic E-state index is 13.4. The van der Waals surface area contributed by atoms with Gasteiger partial charge in [0.25, 0.3) is 0 Å². The number of amides is 2. The number of anilines is 3. The molecule has 0 aliphatic rings. The van der Waals surface area contributed by atoms with Crippen LogP contribution in [0, 0.1) is 17.5 Å². The van der Waals surface area contributed by atoms with Crippen molar-refractivity contribution in [3.8, 4) is 0 Å². The molecule has 0 spiro atoms. The molecule has 0 heterocycles. The van der Waals surface area contributed by atoms with Crippen molar-refractivity contribution in [1.82, 2.24) is 0 Å². The highest BCUT2D eigenvalue weighted by Crippen LogP contribution is 2.44. The van der Waals surface area contributed by atoms with Crippen molar-refractivity contribution < 1.29 is 49.1 Å². The number of benzene rings is 3. The summed E-state index contributed by atoms with van der Waals surface area (Å²) in [5.74, 6) is -3.15. The van der Waals surface area contributed by atoms with E-state index in [4.69, 9.17) is 40.5 Å². The summed E-state index contributed by atoms with van der Waals surface area (Å²) in [5, 5.41) is 4.50. The minimum absolute atomic E-state index is 0. The minimum atomic E-state index is -4.46. The molecule has 0 atom stereocenters. The van der Waals surface area contributed by atoms with Gasteiger partial charge in [0.2, 0.25) is 14.9 Å². The average molecular weight is 799 g/mol. The van der Waals surface area contributed by atoms with E-state index in [-0.39, 0.29) is 59.4 Å². The van der Waals surface area contributed by atoms with Crippen LogP contribution in [-0.4, -0.2) is 26.0 Å². The molecule has 0 bridgehead atoms. The van der Waals surface area contributed by atoms with E-state index in [2.05, 4.69) is 10.6 Å². The molecule has 264 valence electrons. The first-order valence-electron chi connectivity index (χ1n) is 11.4. The van der Waals surface area contributed by atoms with Crippen molar-refractivity contribution in [2.24, 2.45) is 0 Å². The molecule has 2 amide bonds. The molecule has 0 aromatic heterocycles. The molecule has 5 nitrogen and oxygen atoms in total. The summed E-state index contributed by atoms with van der Waals surface area (Å²) in [4.78, 5) is 21.3. The van der Waals surface area contributed by atoms with Gasteiger partial charge >= 0.3 is 11.0 Å². The zero-order valence-corrected chi connectivity index (χ0v) is 27.1.